The zero-order valence-electron chi connectivity index (χ0n) is 31.5. The van der Waals surface area contributed by atoms with Gasteiger partial charge in [-0.25, -0.2) is 13.1 Å². The van der Waals surface area contributed by atoms with E-state index in [1.54, 1.807) is 38.2 Å². The first-order valence-electron chi connectivity index (χ1n) is 17.5. The summed E-state index contributed by atoms with van der Waals surface area (Å²) < 4.78 is 47.0. The lowest BCUT2D eigenvalue weighted by molar-refractivity contribution is -0.384. The highest BCUT2D eigenvalue weighted by atomic mass is 32.2. The van der Waals surface area contributed by atoms with E-state index in [9.17, 15) is 32.9 Å². The second-order valence-electron chi connectivity index (χ2n) is 12.5. The number of nitro benzene ring substituents is 1. The van der Waals surface area contributed by atoms with Crippen molar-refractivity contribution in [2.45, 2.75) is 42.0 Å². The summed E-state index contributed by atoms with van der Waals surface area (Å²) in [5.74, 6) is -0.725. The van der Waals surface area contributed by atoms with Gasteiger partial charge in [-0.1, -0.05) is 42.5 Å². The first-order chi connectivity index (χ1) is 26.8. The topological polar surface area (TPSA) is 196 Å². The summed E-state index contributed by atoms with van der Waals surface area (Å²) in [5, 5.41) is 14.8. The smallest absolute Gasteiger partial charge is 0.293 e. The summed E-state index contributed by atoms with van der Waals surface area (Å²) in [6.07, 6.45) is 0.747. The van der Waals surface area contributed by atoms with Crippen LogP contribution >= 0.6 is 11.9 Å². The van der Waals surface area contributed by atoms with Crippen LogP contribution in [0.15, 0.2) is 101 Å². The number of nitrogens with zero attached hydrogens (tertiary/aromatic N) is 2. The summed E-state index contributed by atoms with van der Waals surface area (Å²) in [7, 11) is 0.164. The Balaban J connectivity index is 1.38. The standard InChI is InChI=1S/C39H45N5O10S2/c1-27(24-37(45)41-55-31-8-6-5-7-9-31)40-34-18-16-32(26-35(34)44(48)49)56(50,51)42-39(47)30-14-12-29(13-15-30)33-17-10-28(25-36(33)54-4)11-19-38(46)43(20-22-52-2)21-23-53-3/h5-10,12-18,25-27,40H,11,19-24H2,1-4H3,(H,41,45)(H,42,47)/t27-/m1/s1. The zero-order chi connectivity index (χ0) is 40.7. The van der Waals surface area contributed by atoms with E-state index in [1.165, 1.54) is 25.3 Å². The van der Waals surface area contributed by atoms with Gasteiger partial charge in [0.25, 0.3) is 21.6 Å². The number of anilines is 1. The van der Waals surface area contributed by atoms with Crippen molar-refractivity contribution in [3.05, 3.63) is 112 Å². The third-order valence-electron chi connectivity index (χ3n) is 8.46. The van der Waals surface area contributed by atoms with Gasteiger partial charge in [0.15, 0.2) is 0 Å². The summed E-state index contributed by atoms with van der Waals surface area (Å²) in [6.45, 7) is 3.43. The summed E-state index contributed by atoms with van der Waals surface area (Å²) in [4.78, 5) is 51.6. The van der Waals surface area contributed by atoms with Gasteiger partial charge in [-0.15, -0.1) is 0 Å². The molecule has 3 N–H and O–H groups in total. The van der Waals surface area contributed by atoms with Crippen molar-refractivity contribution >= 4 is 51.1 Å². The Morgan fingerprint density at radius 3 is 2.20 bits per heavy atom. The van der Waals surface area contributed by atoms with Crippen molar-refractivity contribution in [2.75, 3.05) is 52.9 Å². The van der Waals surface area contributed by atoms with Gasteiger partial charge in [0.2, 0.25) is 11.8 Å². The molecule has 4 rings (SSSR count). The van der Waals surface area contributed by atoms with Gasteiger partial charge in [0.1, 0.15) is 11.4 Å². The molecule has 0 radical (unpaired) electrons. The van der Waals surface area contributed by atoms with Crippen LogP contribution in [-0.4, -0.2) is 89.6 Å². The lowest BCUT2D eigenvalue weighted by Gasteiger charge is -2.22. The molecule has 0 saturated heterocycles. The third kappa shape index (κ3) is 12.5. The second kappa shape index (κ2) is 21.0. The van der Waals surface area contributed by atoms with Crippen LogP contribution in [0.4, 0.5) is 11.4 Å². The highest BCUT2D eigenvalue weighted by Crippen LogP contribution is 2.32. The fourth-order valence-corrected chi connectivity index (χ4v) is 7.14. The molecule has 1 atom stereocenters. The molecule has 17 heteroatoms. The molecular weight excluding hydrogens is 763 g/mol. The molecule has 0 aliphatic heterocycles. The van der Waals surface area contributed by atoms with Crippen molar-refractivity contribution in [3.63, 3.8) is 0 Å². The molecule has 0 aliphatic carbocycles. The number of carbonyl (C=O) groups excluding carboxylic acids is 3. The first kappa shape index (κ1) is 43.2. The van der Waals surface area contributed by atoms with Gasteiger partial charge in [0.05, 0.1) is 30.1 Å². The summed E-state index contributed by atoms with van der Waals surface area (Å²) >= 11 is 1.14. The molecule has 0 bridgehead atoms. The van der Waals surface area contributed by atoms with Gasteiger partial charge in [-0.05, 0) is 78.9 Å². The maximum absolute atomic E-state index is 13.2. The molecule has 4 aromatic rings. The van der Waals surface area contributed by atoms with Crippen LogP contribution in [0.1, 0.15) is 35.7 Å². The SMILES string of the molecule is COCCN(CCOC)C(=O)CCc1ccc(-c2ccc(C(=O)NS(=O)(=O)c3ccc(N[C@H](C)CC(=O)NSc4ccccc4)c([N+](=O)[O-])c3)cc2)c(OC)c1. The molecule has 0 saturated carbocycles. The third-order valence-corrected chi connectivity index (χ3v) is 10.6. The minimum atomic E-state index is -4.52. The Labute approximate surface area is 330 Å². The number of sulfonamides is 1. The van der Waals surface area contributed by atoms with Crippen LogP contribution in [0.25, 0.3) is 11.1 Å². The molecule has 0 aliphatic rings. The Bertz CT molecular complexity index is 2080. The Morgan fingerprint density at radius 2 is 1.57 bits per heavy atom. The van der Waals surface area contributed by atoms with Crippen molar-refractivity contribution in [3.8, 4) is 16.9 Å². The average molecular weight is 808 g/mol. The number of hydrogen-bond donors (Lipinski definition) is 3. The molecule has 15 nitrogen and oxygen atoms in total. The highest BCUT2D eigenvalue weighted by Gasteiger charge is 2.25. The quantitative estimate of drug-likeness (QED) is 0.0548. The Morgan fingerprint density at radius 1 is 0.893 bits per heavy atom. The van der Waals surface area contributed by atoms with Crippen LogP contribution in [0.2, 0.25) is 0 Å². The van der Waals surface area contributed by atoms with Crippen LogP contribution in [0.5, 0.6) is 5.75 Å². The normalized spacial score (nSPS) is 11.6. The molecule has 56 heavy (non-hydrogen) atoms. The van der Waals surface area contributed by atoms with Crippen molar-refractivity contribution in [2.24, 2.45) is 0 Å². The number of rotatable bonds is 21. The van der Waals surface area contributed by atoms with E-state index in [0.717, 1.165) is 34.5 Å². The molecule has 298 valence electrons. The van der Waals surface area contributed by atoms with Crippen LogP contribution in [0.3, 0.4) is 0 Å². The zero-order valence-corrected chi connectivity index (χ0v) is 33.1. The number of carbonyl (C=O) groups is 3. The number of amides is 3. The monoisotopic (exact) mass is 807 g/mol. The molecule has 0 unspecified atom stereocenters. The fraction of sp³-hybridized carbons (Fsp3) is 0.308. The lowest BCUT2D eigenvalue weighted by Crippen LogP contribution is -2.36. The first-order valence-corrected chi connectivity index (χ1v) is 19.8. The molecule has 3 amide bonds. The van der Waals surface area contributed by atoms with Crippen molar-refractivity contribution in [1.29, 1.82) is 0 Å². The average Bonchev–Trinajstić information content (AvgIpc) is 3.19. The van der Waals surface area contributed by atoms with Gasteiger partial charge in [-0.3, -0.25) is 29.2 Å². The maximum atomic E-state index is 13.2. The minimum absolute atomic E-state index is 0.00589. The van der Waals surface area contributed by atoms with Gasteiger partial charge < -0.3 is 24.4 Å². The van der Waals surface area contributed by atoms with Crippen molar-refractivity contribution in [1.82, 2.24) is 14.3 Å². The van der Waals surface area contributed by atoms with Crippen LogP contribution < -0.4 is 19.5 Å². The van der Waals surface area contributed by atoms with E-state index < -0.39 is 37.5 Å². The van der Waals surface area contributed by atoms with E-state index in [4.69, 9.17) is 14.2 Å². The molecule has 4 aromatic carbocycles. The number of nitrogens with one attached hydrogen (secondary N) is 3. The van der Waals surface area contributed by atoms with E-state index in [2.05, 4.69) is 10.0 Å². The largest absolute Gasteiger partial charge is 0.496 e. The van der Waals surface area contributed by atoms with E-state index >= 15 is 0 Å². The summed E-state index contributed by atoms with van der Waals surface area (Å²) in [6, 6.07) is 23.6. The second-order valence-corrected chi connectivity index (χ2v) is 15.1. The van der Waals surface area contributed by atoms with E-state index in [-0.39, 0.29) is 35.9 Å². The fourth-order valence-electron chi connectivity index (χ4n) is 5.54. The van der Waals surface area contributed by atoms with Crippen LogP contribution in [-0.2, 0) is 35.5 Å². The number of ether oxygens (including phenoxy) is 3. The number of aryl methyl sites for hydroxylation is 1. The summed E-state index contributed by atoms with van der Waals surface area (Å²) in [5.41, 5.74) is 1.78. The van der Waals surface area contributed by atoms with Gasteiger partial charge in [0, 0.05) is 68.3 Å². The minimum Gasteiger partial charge on any atom is -0.496 e. The Hall–Kier alpha value is -5.49. The number of methoxy groups -OCH3 is 3. The van der Waals surface area contributed by atoms with E-state index in [1.807, 2.05) is 53.3 Å². The van der Waals surface area contributed by atoms with Crippen molar-refractivity contribution < 1.29 is 41.9 Å². The molecule has 0 spiro atoms. The number of hydrogen-bond acceptors (Lipinski definition) is 12. The predicted octanol–water partition coefficient (Wildman–Crippen LogP) is 5.46. The van der Waals surface area contributed by atoms with E-state index in [0.29, 0.717) is 49.6 Å². The number of nitro groups is 1. The Kier molecular flexibility index (Phi) is 16.2. The van der Waals surface area contributed by atoms with Crippen LogP contribution in [0, 0.1) is 10.1 Å². The molecular formula is C39H45N5O10S2. The van der Waals surface area contributed by atoms with Gasteiger partial charge in [-0.2, -0.15) is 0 Å². The predicted molar refractivity (Wildman–Crippen MR) is 213 cm³/mol. The maximum Gasteiger partial charge on any atom is 0.293 e. The number of benzene rings is 4. The highest BCUT2D eigenvalue weighted by molar-refractivity contribution is 7.98. The molecule has 0 heterocycles. The molecule has 0 fully saturated rings. The van der Waals surface area contributed by atoms with Gasteiger partial charge >= 0.3 is 0 Å². The molecule has 0 aromatic heterocycles. The lowest BCUT2D eigenvalue weighted by atomic mass is 9.99.